The summed E-state index contributed by atoms with van der Waals surface area (Å²) in [7, 11) is 2.10. The number of hydrogen-bond donors (Lipinski definition) is 0. The lowest BCUT2D eigenvalue weighted by Gasteiger charge is -2.32. The Morgan fingerprint density at radius 1 is 1.20 bits per heavy atom. The number of likely N-dealkylation sites (tertiary alicyclic amines) is 1. The molecule has 2 unspecified atom stereocenters. The summed E-state index contributed by atoms with van der Waals surface area (Å²) in [6.45, 7) is 3.25. The van der Waals surface area contributed by atoms with Crippen molar-refractivity contribution in [2.45, 2.75) is 37.8 Å². The molecule has 0 saturated carbocycles. The van der Waals surface area contributed by atoms with Gasteiger partial charge in [-0.2, -0.15) is 0 Å². The summed E-state index contributed by atoms with van der Waals surface area (Å²) < 4.78 is 47.2. The van der Waals surface area contributed by atoms with Crippen molar-refractivity contribution in [2.24, 2.45) is 0 Å². The van der Waals surface area contributed by atoms with Crippen LogP contribution in [0.3, 0.4) is 0 Å². The molecule has 1 aliphatic rings. The smallest absolute Gasteiger partial charge is 0.115 e. The Morgan fingerprint density at radius 2 is 1.88 bits per heavy atom. The zero-order valence-corrected chi connectivity index (χ0v) is 16.1. The lowest BCUT2D eigenvalue weighted by Crippen LogP contribution is -2.31. The van der Waals surface area contributed by atoms with Gasteiger partial charge >= 0.3 is 0 Å². The van der Waals surface area contributed by atoms with Crippen LogP contribution in [0.1, 0.15) is 44.2 Å². The molecule has 2 aromatic rings. The zero-order valence-electron chi connectivity index (χ0n) is 19.6. The molecule has 4 heteroatoms. The highest BCUT2D eigenvalue weighted by molar-refractivity contribution is 6.30. The fourth-order valence-corrected chi connectivity index (χ4v) is 3.43. The summed E-state index contributed by atoms with van der Waals surface area (Å²) in [6, 6.07) is 5.82. The quantitative estimate of drug-likeness (QED) is 0.649. The third-order valence-corrected chi connectivity index (χ3v) is 5.14. The van der Waals surface area contributed by atoms with Gasteiger partial charge in [0.2, 0.25) is 0 Å². The van der Waals surface area contributed by atoms with E-state index in [-0.39, 0.29) is 42.1 Å². The minimum Gasteiger partial charge on any atom is -0.366 e. The summed E-state index contributed by atoms with van der Waals surface area (Å²) in [5, 5.41) is 0.560. The Labute approximate surface area is 169 Å². The number of halogens is 2. The standard InChI is InChI=1S/C21H26ClNO.ClH/c1-21(17-7-4-3-5-8-17,18-10-12-19(22)13-11-18)24-16-14-20-9-6-15-23(20)2;/h3-5,7-8,10-13,20H,6,9,14-16H2,1-2H3;1H/i3D,4D,5D,7D,8D;. The van der Waals surface area contributed by atoms with Gasteiger partial charge in [-0.15, -0.1) is 12.4 Å². The van der Waals surface area contributed by atoms with Crippen LogP contribution in [0.25, 0.3) is 0 Å². The second-order valence-electron chi connectivity index (χ2n) is 6.45. The van der Waals surface area contributed by atoms with Crippen LogP contribution in [0.5, 0.6) is 0 Å². The van der Waals surface area contributed by atoms with E-state index >= 15 is 0 Å². The Bertz CT molecular complexity index is 867. The van der Waals surface area contributed by atoms with Gasteiger partial charge in [0.25, 0.3) is 0 Å². The van der Waals surface area contributed by atoms with Crippen LogP contribution in [-0.4, -0.2) is 31.1 Å². The Balaban J connectivity index is 0.00000320. The molecule has 0 aromatic heterocycles. The van der Waals surface area contributed by atoms with Gasteiger partial charge in [0.15, 0.2) is 0 Å². The molecule has 136 valence electrons. The highest BCUT2D eigenvalue weighted by Gasteiger charge is 2.30. The molecule has 2 nitrogen and oxygen atoms in total. The molecule has 2 aromatic carbocycles. The van der Waals surface area contributed by atoms with E-state index in [2.05, 4.69) is 11.9 Å². The molecule has 0 spiro atoms. The van der Waals surface area contributed by atoms with E-state index in [9.17, 15) is 0 Å². The van der Waals surface area contributed by atoms with Crippen molar-refractivity contribution in [2.75, 3.05) is 20.2 Å². The predicted molar refractivity (Wildman–Crippen MR) is 108 cm³/mol. The van der Waals surface area contributed by atoms with Gasteiger partial charge in [-0.1, -0.05) is 53.9 Å². The number of ether oxygens (including phenoxy) is 1. The molecule has 0 bridgehead atoms. The zero-order chi connectivity index (χ0) is 21.3. The van der Waals surface area contributed by atoms with Crippen molar-refractivity contribution in [3.63, 3.8) is 0 Å². The van der Waals surface area contributed by atoms with Gasteiger partial charge < -0.3 is 9.64 Å². The van der Waals surface area contributed by atoms with Crippen LogP contribution in [0.15, 0.2) is 54.5 Å². The highest BCUT2D eigenvalue weighted by Crippen LogP contribution is 2.34. The fraction of sp³-hybridized carbons (Fsp3) is 0.429. The first-order chi connectivity index (χ1) is 13.7. The first kappa shape index (κ1) is 14.1. The van der Waals surface area contributed by atoms with Gasteiger partial charge in [-0.05, 0) is 63.0 Å². The van der Waals surface area contributed by atoms with E-state index in [4.69, 9.17) is 23.2 Å². The molecule has 0 radical (unpaired) electrons. The largest absolute Gasteiger partial charge is 0.366 e. The second-order valence-corrected chi connectivity index (χ2v) is 6.89. The van der Waals surface area contributed by atoms with E-state index in [1.54, 1.807) is 31.2 Å². The van der Waals surface area contributed by atoms with Crippen LogP contribution >= 0.6 is 24.0 Å². The Morgan fingerprint density at radius 3 is 2.48 bits per heavy atom. The van der Waals surface area contributed by atoms with Crippen LogP contribution in [0.2, 0.25) is 5.02 Å². The molecular formula is C21H27Cl2NO. The molecule has 0 amide bonds. The number of nitrogens with zero attached hydrogens (tertiary/aromatic N) is 1. The third-order valence-electron chi connectivity index (χ3n) is 4.89. The number of benzene rings is 2. The molecule has 25 heavy (non-hydrogen) atoms. The summed E-state index contributed by atoms with van der Waals surface area (Å²) in [5.41, 5.74) is -0.360. The Hall–Kier alpha value is -1.06. The molecule has 2 atom stereocenters. The normalized spacial score (nSPS) is 22.8. The van der Waals surface area contributed by atoms with Crippen LogP contribution in [0, 0.1) is 0 Å². The van der Waals surface area contributed by atoms with Crippen LogP contribution < -0.4 is 0 Å². The molecule has 1 aliphatic heterocycles. The van der Waals surface area contributed by atoms with Gasteiger partial charge in [-0.3, -0.25) is 0 Å². The van der Waals surface area contributed by atoms with E-state index in [1.807, 2.05) is 0 Å². The molecule has 0 aliphatic carbocycles. The number of hydrogen-bond acceptors (Lipinski definition) is 2. The molecule has 0 N–H and O–H groups in total. The summed E-state index contributed by atoms with van der Waals surface area (Å²) in [5.74, 6) is 0. The van der Waals surface area contributed by atoms with Crippen LogP contribution in [0.4, 0.5) is 0 Å². The molecule has 1 saturated heterocycles. The molecule has 1 fully saturated rings. The van der Waals surface area contributed by atoms with Crippen LogP contribution in [-0.2, 0) is 10.3 Å². The summed E-state index contributed by atoms with van der Waals surface area (Å²) >= 11 is 6.04. The van der Waals surface area contributed by atoms with Crippen molar-refractivity contribution in [1.82, 2.24) is 4.90 Å². The van der Waals surface area contributed by atoms with E-state index in [0.717, 1.165) is 19.4 Å². The molecule has 3 rings (SSSR count). The molecule has 1 heterocycles. The van der Waals surface area contributed by atoms with E-state index in [1.165, 1.54) is 6.42 Å². The second kappa shape index (κ2) is 9.05. The maximum atomic E-state index is 8.43. The van der Waals surface area contributed by atoms with Gasteiger partial charge in [0, 0.05) is 17.7 Å². The van der Waals surface area contributed by atoms with Gasteiger partial charge in [-0.25, -0.2) is 0 Å². The Kier molecular flexibility index (Phi) is 5.08. The lowest BCUT2D eigenvalue weighted by atomic mass is 9.88. The third kappa shape index (κ3) is 4.77. The minimum absolute atomic E-state index is 0. The van der Waals surface area contributed by atoms with Gasteiger partial charge in [0.1, 0.15) is 5.60 Å². The average Bonchev–Trinajstić information content (AvgIpc) is 3.10. The van der Waals surface area contributed by atoms with Crippen molar-refractivity contribution >= 4 is 24.0 Å². The van der Waals surface area contributed by atoms with Crippen molar-refractivity contribution in [3.05, 3.63) is 70.6 Å². The van der Waals surface area contributed by atoms with Crippen molar-refractivity contribution < 1.29 is 11.6 Å². The SMILES string of the molecule is Cl.[2H]c1c([2H])c([2H])c(C(C)(OCCC2CCCN2C)c2ccc(Cl)cc2)c([2H])c1[2H]. The van der Waals surface area contributed by atoms with E-state index in [0.29, 0.717) is 23.2 Å². The van der Waals surface area contributed by atoms with Crippen molar-refractivity contribution in [1.29, 1.82) is 0 Å². The minimum atomic E-state index is -1.20. The summed E-state index contributed by atoms with van der Waals surface area (Å²) in [4.78, 5) is 2.31. The lowest BCUT2D eigenvalue weighted by molar-refractivity contribution is -0.0117. The maximum absolute atomic E-state index is 8.43. The van der Waals surface area contributed by atoms with E-state index < -0.39 is 11.6 Å². The predicted octanol–water partition coefficient (Wildman–Crippen LogP) is 5.53. The topological polar surface area (TPSA) is 12.5 Å². The fourth-order valence-electron chi connectivity index (χ4n) is 3.30. The number of rotatable bonds is 6. The monoisotopic (exact) mass is 384 g/mol. The average molecular weight is 385 g/mol. The summed E-state index contributed by atoms with van der Waals surface area (Å²) in [6.07, 6.45) is 3.10. The van der Waals surface area contributed by atoms with Gasteiger partial charge in [0.05, 0.1) is 6.85 Å². The highest BCUT2D eigenvalue weighted by atomic mass is 35.5. The maximum Gasteiger partial charge on any atom is 0.115 e. The first-order valence-corrected chi connectivity index (χ1v) is 8.72. The first-order valence-electron chi connectivity index (χ1n) is 10.8. The van der Waals surface area contributed by atoms with Crippen molar-refractivity contribution in [3.8, 4) is 0 Å². The molecular weight excluding hydrogens is 353 g/mol.